The smallest absolute Gasteiger partial charge is 0.143 e. The quantitative estimate of drug-likeness (QED) is 0.192. The Bertz CT molecular complexity index is 2610. The van der Waals surface area contributed by atoms with Crippen LogP contribution >= 0.6 is 0 Å². The highest BCUT2D eigenvalue weighted by atomic mass is 16.3. The molecular weight excluding hydrogens is 532 g/mol. The summed E-state index contributed by atoms with van der Waals surface area (Å²) >= 11 is 0. The third-order valence-electron chi connectivity index (χ3n) is 10.2. The second-order valence-corrected chi connectivity index (χ2v) is 12.9. The van der Waals surface area contributed by atoms with Crippen LogP contribution in [0.25, 0.3) is 87.6 Å². The van der Waals surface area contributed by atoms with Crippen molar-refractivity contribution in [3.8, 4) is 33.4 Å². The van der Waals surface area contributed by atoms with Crippen molar-refractivity contribution in [3.63, 3.8) is 0 Å². The molecule has 8 aromatic carbocycles. The number of fused-ring (bicyclic) bond motifs is 6. The fourth-order valence-electron chi connectivity index (χ4n) is 8.14. The van der Waals surface area contributed by atoms with Crippen molar-refractivity contribution < 1.29 is 4.42 Å². The molecular formula is C43H28O. The Balaban J connectivity index is 1.21. The van der Waals surface area contributed by atoms with Gasteiger partial charge < -0.3 is 4.42 Å². The van der Waals surface area contributed by atoms with Crippen LogP contribution < -0.4 is 0 Å². The van der Waals surface area contributed by atoms with Gasteiger partial charge in [-0.25, -0.2) is 0 Å². The standard InChI is InChI=1S/C43H28O/c1-43(2)36-14-4-3-10-31(36)32-22-20-28(24-37(32)43)29-11-6-13-35-41-33(12-7-15-38(41)44-42(29)35)30-21-18-27-17-16-25-8-5-9-26-19-23-34(30)40(27)39(25)26/h3-24H,1-2H3. The summed E-state index contributed by atoms with van der Waals surface area (Å²) in [6, 6.07) is 49.1. The van der Waals surface area contributed by atoms with Crippen molar-refractivity contribution in [2.24, 2.45) is 0 Å². The minimum atomic E-state index is -0.0497. The topological polar surface area (TPSA) is 13.1 Å². The molecule has 0 spiro atoms. The van der Waals surface area contributed by atoms with Gasteiger partial charge in [0.25, 0.3) is 0 Å². The van der Waals surface area contributed by atoms with Gasteiger partial charge in [-0.1, -0.05) is 135 Å². The Morgan fingerprint density at radius 3 is 1.98 bits per heavy atom. The minimum Gasteiger partial charge on any atom is -0.455 e. The monoisotopic (exact) mass is 560 g/mol. The van der Waals surface area contributed by atoms with Gasteiger partial charge in [0.15, 0.2) is 0 Å². The van der Waals surface area contributed by atoms with Crippen molar-refractivity contribution in [2.45, 2.75) is 19.3 Å². The van der Waals surface area contributed by atoms with E-state index in [-0.39, 0.29) is 5.41 Å². The average Bonchev–Trinajstić information content (AvgIpc) is 3.56. The van der Waals surface area contributed by atoms with E-state index in [2.05, 4.69) is 147 Å². The molecule has 1 heteroatoms. The largest absolute Gasteiger partial charge is 0.455 e. The summed E-state index contributed by atoms with van der Waals surface area (Å²) in [4.78, 5) is 0. The van der Waals surface area contributed by atoms with E-state index in [9.17, 15) is 0 Å². The average molecular weight is 561 g/mol. The zero-order valence-electron chi connectivity index (χ0n) is 24.6. The third-order valence-corrected chi connectivity index (χ3v) is 10.2. The number of hydrogen-bond acceptors (Lipinski definition) is 1. The van der Waals surface area contributed by atoms with Crippen LogP contribution in [-0.2, 0) is 5.41 Å². The Morgan fingerprint density at radius 2 is 1.09 bits per heavy atom. The highest BCUT2D eigenvalue weighted by Crippen LogP contribution is 2.50. The highest BCUT2D eigenvalue weighted by Gasteiger charge is 2.35. The normalized spacial score (nSPS) is 13.9. The van der Waals surface area contributed by atoms with Crippen LogP contribution in [0.15, 0.2) is 138 Å². The highest BCUT2D eigenvalue weighted by molar-refractivity contribution is 6.27. The molecule has 10 rings (SSSR count). The maximum Gasteiger partial charge on any atom is 0.143 e. The van der Waals surface area contributed by atoms with Gasteiger partial charge in [-0.05, 0) is 83.4 Å². The molecule has 0 aliphatic heterocycles. The molecule has 0 unspecified atom stereocenters. The van der Waals surface area contributed by atoms with Gasteiger partial charge in [0.05, 0.1) is 0 Å². The molecule has 1 heterocycles. The maximum atomic E-state index is 6.76. The lowest BCUT2D eigenvalue weighted by Crippen LogP contribution is -2.14. The molecule has 1 aliphatic carbocycles. The lowest BCUT2D eigenvalue weighted by Gasteiger charge is -2.22. The SMILES string of the molecule is CC1(C)c2ccccc2-c2ccc(-c3cccc4c3oc3cccc(-c5ccc6ccc7cccc8ccc5c6c78)c34)cc21. The maximum absolute atomic E-state index is 6.76. The van der Waals surface area contributed by atoms with Crippen molar-refractivity contribution in [2.75, 3.05) is 0 Å². The Kier molecular flexibility index (Phi) is 4.58. The summed E-state index contributed by atoms with van der Waals surface area (Å²) in [5, 5.41) is 10.1. The van der Waals surface area contributed by atoms with Crippen molar-refractivity contribution in [1.82, 2.24) is 0 Å². The molecule has 0 saturated heterocycles. The summed E-state index contributed by atoms with van der Waals surface area (Å²) < 4.78 is 6.76. The van der Waals surface area contributed by atoms with E-state index in [1.807, 2.05) is 0 Å². The van der Waals surface area contributed by atoms with Crippen LogP contribution in [0.1, 0.15) is 25.0 Å². The number of benzene rings is 8. The number of para-hydroxylation sites is 1. The molecule has 44 heavy (non-hydrogen) atoms. The van der Waals surface area contributed by atoms with E-state index >= 15 is 0 Å². The first-order valence-electron chi connectivity index (χ1n) is 15.4. The van der Waals surface area contributed by atoms with Crippen LogP contribution in [0.3, 0.4) is 0 Å². The Hall–Kier alpha value is -5.40. The van der Waals surface area contributed by atoms with Gasteiger partial charge in [0.2, 0.25) is 0 Å². The molecule has 0 radical (unpaired) electrons. The summed E-state index contributed by atoms with van der Waals surface area (Å²) in [6.45, 7) is 4.68. The third kappa shape index (κ3) is 3.04. The molecule has 9 aromatic rings. The van der Waals surface area contributed by atoms with Gasteiger partial charge in [0.1, 0.15) is 11.2 Å². The number of furan rings is 1. The second kappa shape index (κ2) is 8.36. The Morgan fingerprint density at radius 1 is 0.432 bits per heavy atom. The molecule has 0 atom stereocenters. The van der Waals surface area contributed by atoms with Crippen LogP contribution in [0, 0.1) is 0 Å². The zero-order valence-corrected chi connectivity index (χ0v) is 24.6. The van der Waals surface area contributed by atoms with E-state index in [0.29, 0.717) is 0 Å². The Labute approximate surface area is 255 Å². The molecule has 0 N–H and O–H groups in total. The van der Waals surface area contributed by atoms with E-state index in [1.165, 1.54) is 76.6 Å². The number of rotatable bonds is 2. The van der Waals surface area contributed by atoms with E-state index in [0.717, 1.165) is 22.1 Å². The predicted octanol–water partition coefficient (Wildman–Crippen LogP) is 12.1. The van der Waals surface area contributed by atoms with Gasteiger partial charge in [-0.15, -0.1) is 0 Å². The molecule has 1 aromatic heterocycles. The van der Waals surface area contributed by atoms with Crippen molar-refractivity contribution >= 4 is 54.3 Å². The van der Waals surface area contributed by atoms with Crippen LogP contribution in [0.2, 0.25) is 0 Å². The van der Waals surface area contributed by atoms with Gasteiger partial charge >= 0.3 is 0 Å². The number of hydrogen-bond donors (Lipinski definition) is 0. The fourth-order valence-corrected chi connectivity index (χ4v) is 8.14. The minimum absolute atomic E-state index is 0.0497. The van der Waals surface area contributed by atoms with Gasteiger partial charge in [-0.2, -0.15) is 0 Å². The van der Waals surface area contributed by atoms with E-state index in [4.69, 9.17) is 4.42 Å². The summed E-state index contributed by atoms with van der Waals surface area (Å²) in [6.07, 6.45) is 0. The molecule has 0 fully saturated rings. The van der Waals surface area contributed by atoms with Crippen molar-refractivity contribution in [3.05, 3.63) is 145 Å². The first kappa shape index (κ1) is 24.1. The van der Waals surface area contributed by atoms with Crippen LogP contribution in [0.5, 0.6) is 0 Å². The van der Waals surface area contributed by atoms with Gasteiger partial charge in [0, 0.05) is 21.8 Å². The first-order chi connectivity index (χ1) is 21.6. The summed E-state index contributed by atoms with van der Waals surface area (Å²) in [5.74, 6) is 0. The predicted molar refractivity (Wildman–Crippen MR) is 186 cm³/mol. The summed E-state index contributed by atoms with van der Waals surface area (Å²) in [5.41, 5.74) is 12.0. The lowest BCUT2D eigenvalue weighted by molar-refractivity contribution is 0.660. The summed E-state index contributed by atoms with van der Waals surface area (Å²) in [7, 11) is 0. The first-order valence-corrected chi connectivity index (χ1v) is 15.4. The molecule has 1 nitrogen and oxygen atoms in total. The van der Waals surface area contributed by atoms with Crippen molar-refractivity contribution in [1.29, 1.82) is 0 Å². The molecule has 0 saturated carbocycles. The van der Waals surface area contributed by atoms with Crippen LogP contribution in [0.4, 0.5) is 0 Å². The van der Waals surface area contributed by atoms with E-state index in [1.54, 1.807) is 0 Å². The second-order valence-electron chi connectivity index (χ2n) is 12.9. The lowest BCUT2D eigenvalue weighted by atomic mass is 9.81. The molecule has 206 valence electrons. The van der Waals surface area contributed by atoms with E-state index < -0.39 is 0 Å². The van der Waals surface area contributed by atoms with Crippen LogP contribution in [-0.4, -0.2) is 0 Å². The molecule has 0 amide bonds. The molecule has 1 aliphatic rings. The fraction of sp³-hybridized carbons (Fsp3) is 0.0698. The van der Waals surface area contributed by atoms with Gasteiger partial charge in [-0.3, -0.25) is 0 Å². The molecule has 0 bridgehead atoms. The zero-order chi connectivity index (χ0) is 29.2.